The van der Waals surface area contributed by atoms with E-state index in [9.17, 15) is 4.79 Å². The van der Waals surface area contributed by atoms with Gasteiger partial charge in [0.1, 0.15) is 5.75 Å². The normalized spacial score (nSPS) is 12.2. The molecule has 0 saturated heterocycles. The number of halogens is 3. The number of benzene rings is 2. The summed E-state index contributed by atoms with van der Waals surface area (Å²) >= 11 is 17.8. The second-order valence-corrected chi connectivity index (χ2v) is 5.84. The summed E-state index contributed by atoms with van der Waals surface area (Å²) in [5.41, 5.74) is 3.08. The molecule has 120 valence electrons. The van der Waals surface area contributed by atoms with Gasteiger partial charge in [-0.3, -0.25) is 4.79 Å². The highest BCUT2D eigenvalue weighted by molar-refractivity contribution is 6.35. The molecule has 7 heteroatoms. The number of hydrogen-bond donors (Lipinski definition) is 1. The maximum absolute atomic E-state index is 11.9. The van der Waals surface area contributed by atoms with Crippen LogP contribution in [0.25, 0.3) is 0 Å². The maximum Gasteiger partial charge on any atom is 0.280 e. The highest BCUT2D eigenvalue weighted by atomic mass is 35.5. The lowest BCUT2D eigenvalue weighted by molar-refractivity contribution is -0.127. The van der Waals surface area contributed by atoms with Gasteiger partial charge >= 0.3 is 0 Å². The van der Waals surface area contributed by atoms with Crippen LogP contribution in [0.4, 0.5) is 0 Å². The smallest absolute Gasteiger partial charge is 0.280 e. The number of nitrogens with zero attached hydrogens (tertiary/aromatic N) is 1. The largest absolute Gasteiger partial charge is 0.479 e. The molecule has 0 aliphatic carbocycles. The summed E-state index contributed by atoms with van der Waals surface area (Å²) in [7, 11) is 0. The highest BCUT2D eigenvalue weighted by Crippen LogP contribution is 2.28. The van der Waals surface area contributed by atoms with E-state index in [4.69, 9.17) is 39.5 Å². The Hall–Kier alpha value is -1.75. The first-order valence-electron chi connectivity index (χ1n) is 6.66. The summed E-state index contributed by atoms with van der Waals surface area (Å²) in [4.78, 5) is 11.9. The molecule has 1 N–H and O–H groups in total. The van der Waals surface area contributed by atoms with Gasteiger partial charge < -0.3 is 4.74 Å². The number of carbonyl (C=O) groups is 1. The van der Waals surface area contributed by atoms with Crippen LogP contribution < -0.4 is 10.2 Å². The summed E-state index contributed by atoms with van der Waals surface area (Å²) in [6, 6.07) is 11.9. The van der Waals surface area contributed by atoms with Crippen LogP contribution >= 0.6 is 34.8 Å². The maximum atomic E-state index is 11.9. The molecule has 1 unspecified atom stereocenters. The quantitative estimate of drug-likeness (QED) is 0.618. The molecular weight excluding hydrogens is 359 g/mol. The summed E-state index contributed by atoms with van der Waals surface area (Å²) < 4.78 is 5.49. The van der Waals surface area contributed by atoms with E-state index in [1.54, 1.807) is 37.3 Å². The van der Waals surface area contributed by atoms with Gasteiger partial charge in [0.15, 0.2) is 6.10 Å². The molecule has 2 aromatic carbocycles. The Morgan fingerprint density at radius 1 is 1.17 bits per heavy atom. The third-order valence-corrected chi connectivity index (χ3v) is 3.73. The number of hydrazone groups is 1. The Morgan fingerprint density at radius 2 is 1.91 bits per heavy atom. The average Bonchev–Trinajstić information content (AvgIpc) is 2.51. The molecule has 0 aromatic heterocycles. The molecule has 0 radical (unpaired) electrons. The van der Waals surface area contributed by atoms with Gasteiger partial charge in [-0.05, 0) is 31.2 Å². The van der Waals surface area contributed by atoms with Crippen molar-refractivity contribution in [3.8, 4) is 5.75 Å². The molecule has 0 heterocycles. The van der Waals surface area contributed by atoms with Crippen molar-refractivity contribution < 1.29 is 9.53 Å². The van der Waals surface area contributed by atoms with Crippen LogP contribution in [0.15, 0.2) is 47.6 Å². The van der Waals surface area contributed by atoms with E-state index in [2.05, 4.69) is 10.5 Å². The van der Waals surface area contributed by atoms with Gasteiger partial charge in [0.25, 0.3) is 5.91 Å². The molecule has 0 spiro atoms. The van der Waals surface area contributed by atoms with Crippen LogP contribution in [0.5, 0.6) is 5.75 Å². The molecule has 2 aromatic rings. The number of amides is 1. The van der Waals surface area contributed by atoms with E-state index in [1.807, 2.05) is 12.1 Å². The first-order chi connectivity index (χ1) is 11.0. The zero-order valence-electron chi connectivity index (χ0n) is 12.1. The molecule has 4 nitrogen and oxygen atoms in total. The topological polar surface area (TPSA) is 50.7 Å². The average molecular weight is 372 g/mol. The van der Waals surface area contributed by atoms with Crippen molar-refractivity contribution in [3.63, 3.8) is 0 Å². The summed E-state index contributed by atoms with van der Waals surface area (Å²) in [6.45, 7) is 1.59. The number of ether oxygens (including phenoxy) is 1. The van der Waals surface area contributed by atoms with Gasteiger partial charge in [-0.25, -0.2) is 5.43 Å². The lowest BCUT2D eigenvalue weighted by Gasteiger charge is -2.14. The monoisotopic (exact) mass is 370 g/mol. The van der Waals surface area contributed by atoms with Crippen LogP contribution in [0.1, 0.15) is 12.5 Å². The van der Waals surface area contributed by atoms with Crippen molar-refractivity contribution >= 4 is 46.9 Å². The van der Waals surface area contributed by atoms with E-state index in [1.165, 1.54) is 6.21 Å². The fourth-order valence-electron chi connectivity index (χ4n) is 1.65. The molecule has 0 aliphatic rings. The zero-order chi connectivity index (χ0) is 16.8. The van der Waals surface area contributed by atoms with Crippen LogP contribution in [-0.2, 0) is 4.79 Å². The Balaban J connectivity index is 1.94. The predicted molar refractivity (Wildman–Crippen MR) is 93.7 cm³/mol. The molecule has 23 heavy (non-hydrogen) atoms. The van der Waals surface area contributed by atoms with Crippen molar-refractivity contribution in [1.82, 2.24) is 5.43 Å². The van der Waals surface area contributed by atoms with Gasteiger partial charge in [-0.15, -0.1) is 0 Å². The lowest BCUT2D eigenvalue weighted by Crippen LogP contribution is -2.33. The van der Waals surface area contributed by atoms with Gasteiger partial charge in [-0.2, -0.15) is 5.10 Å². The minimum Gasteiger partial charge on any atom is -0.479 e. The minimum absolute atomic E-state index is 0.330. The minimum atomic E-state index is -0.780. The first-order valence-corrected chi connectivity index (χ1v) is 7.80. The summed E-state index contributed by atoms with van der Waals surface area (Å²) in [5, 5.41) is 5.22. The Labute approximate surface area is 149 Å². The third kappa shape index (κ3) is 5.13. The van der Waals surface area contributed by atoms with E-state index < -0.39 is 12.0 Å². The Kier molecular flexibility index (Phi) is 6.28. The molecule has 2 rings (SSSR count). The third-order valence-electron chi connectivity index (χ3n) is 2.85. The van der Waals surface area contributed by atoms with Crippen molar-refractivity contribution in [2.24, 2.45) is 5.10 Å². The first kappa shape index (κ1) is 17.6. The second kappa shape index (κ2) is 8.20. The molecular formula is C16H13Cl3N2O2. The van der Waals surface area contributed by atoms with E-state index in [0.29, 0.717) is 26.4 Å². The summed E-state index contributed by atoms with van der Waals surface area (Å²) in [5.74, 6) is -0.0480. The van der Waals surface area contributed by atoms with Gasteiger partial charge in [-0.1, -0.05) is 53.0 Å². The Morgan fingerprint density at radius 3 is 2.61 bits per heavy atom. The SMILES string of the molecule is CC(Oc1ccc(Cl)cc1Cl)C(=O)N/N=C/c1ccccc1Cl. The molecule has 1 amide bonds. The molecule has 1 atom stereocenters. The van der Waals surface area contributed by atoms with Gasteiger partial charge in [0.2, 0.25) is 0 Å². The van der Waals surface area contributed by atoms with Crippen molar-refractivity contribution in [2.45, 2.75) is 13.0 Å². The zero-order valence-corrected chi connectivity index (χ0v) is 14.4. The van der Waals surface area contributed by atoms with Crippen LogP contribution in [0.2, 0.25) is 15.1 Å². The van der Waals surface area contributed by atoms with Crippen molar-refractivity contribution in [2.75, 3.05) is 0 Å². The van der Waals surface area contributed by atoms with Crippen molar-refractivity contribution in [1.29, 1.82) is 0 Å². The van der Waals surface area contributed by atoms with Gasteiger partial charge in [0.05, 0.1) is 11.2 Å². The summed E-state index contributed by atoms with van der Waals surface area (Å²) in [6.07, 6.45) is 0.680. The lowest BCUT2D eigenvalue weighted by atomic mass is 10.2. The van der Waals surface area contributed by atoms with Gasteiger partial charge in [0, 0.05) is 15.6 Å². The predicted octanol–water partition coefficient (Wildman–Crippen LogP) is 4.56. The second-order valence-electron chi connectivity index (χ2n) is 4.59. The molecule has 0 bridgehead atoms. The standard InChI is InChI=1S/C16H13Cl3N2O2/c1-10(23-15-7-6-12(17)8-14(15)19)16(22)21-20-9-11-4-2-3-5-13(11)18/h2-10H,1H3,(H,21,22)/b20-9+. The van der Waals surface area contributed by atoms with E-state index in [-0.39, 0.29) is 0 Å². The Bertz CT molecular complexity index is 735. The molecule has 0 aliphatic heterocycles. The van der Waals surface area contributed by atoms with Crippen LogP contribution in [0, 0.1) is 0 Å². The molecule has 0 saturated carbocycles. The highest BCUT2D eigenvalue weighted by Gasteiger charge is 2.15. The number of carbonyl (C=O) groups excluding carboxylic acids is 1. The number of nitrogens with one attached hydrogen (secondary N) is 1. The van der Waals surface area contributed by atoms with E-state index in [0.717, 1.165) is 0 Å². The number of rotatable bonds is 5. The number of hydrogen-bond acceptors (Lipinski definition) is 3. The van der Waals surface area contributed by atoms with Crippen molar-refractivity contribution in [3.05, 3.63) is 63.1 Å². The van der Waals surface area contributed by atoms with Crippen LogP contribution in [0.3, 0.4) is 0 Å². The van der Waals surface area contributed by atoms with E-state index >= 15 is 0 Å². The van der Waals surface area contributed by atoms with Crippen LogP contribution in [-0.4, -0.2) is 18.2 Å². The fourth-order valence-corrected chi connectivity index (χ4v) is 2.29. The fraction of sp³-hybridized carbons (Fsp3) is 0.125. The molecule has 0 fully saturated rings.